The highest BCUT2D eigenvalue weighted by Crippen LogP contribution is 2.26. The number of anilines is 2. The number of benzene rings is 1. The third-order valence-electron chi connectivity index (χ3n) is 3.50. The minimum atomic E-state index is 0.510. The van der Waals surface area contributed by atoms with E-state index in [0.717, 1.165) is 34.0 Å². The van der Waals surface area contributed by atoms with Gasteiger partial charge in [0.25, 0.3) is 0 Å². The number of hydrogen-bond donors (Lipinski definition) is 1. The molecule has 0 aliphatic carbocycles. The molecular weight excluding hydrogens is 290 g/mol. The van der Waals surface area contributed by atoms with E-state index in [1.165, 1.54) is 0 Å². The Morgan fingerprint density at radius 2 is 1.91 bits per heavy atom. The smallest absolute Gasteiger partial charge is 0.163 e. The van der Waals surface area contributed by atoms with Gasteiger partial charge in [0.15, 0.2) is 5.65 Å². The number of nitrogens with zero attached hydrogens (tertiary/aromatic N) is 4. The van der Waals surface area contributed by atoms with Gasteiger partial charge in [0.05, 0.1) is 17.7 Å². The number of fused-ring (bicyclic) bond motifs is 1. The van der Waals surface area contributed by atoms with Crippen LogP contribution in [0.15, 0.2) is 30.6 Å². The second-order valence-electron chi connectivity index (χ2n) is 5.98. The minimum Gasteiger partial charge on any atom is -0.493 e. The average Bonchev–Trinajstić information content (AvgIpc) is 2.82. The zero-order chi connectivity index (χ0) is 16.4. The predicted octanol–water partition coefficient (Wildman–Crippen LogP) is 3.45. The molecule has 3 aromatic rings. The maximum absolute atomic E-state index is 5.70. The molecule has 23 heavy (non-hydrogen) atoms. The topological polar surface area (TPSA) is 64.9 Å². The van der Waals surface area contributed by atoms with Crippen molar-refractivity contribution < 1.29 is 4.74 Å². The summed E-state index contributed by atoms with van der Waals surface area (Å²) in [4.78, 5) is 8.64. The number of hydrogen-bond acceptors (Lipinski definition) is 5. The lowest BCUT2D eigenvalue weighted by molar-refractivity contribution is 0.271. The average molecular weight is 311 g/mol. The van der Waals surface area contributed by atoms with E-state index in [0.29, 0.717) is 12.5 Å². The summed E-state index contributed by atoms with van der Waals surface area (Å²) in [5.41, 5.74) is 2.67. The van der Waals surface area contributed by atoms with Gasteiger partial charge in [0.2, 0.25) is 0 Å². The van der Waals surface area contributed by atoms with Crippen molar-refractivity contribution in [2.24, 2.45) is 13.0 Å². The van der Waals surface area contributed by atoms with Crippen LogP contribution < -0.4 is 10.1 Å². The minimum absolute atomic E-state index is 0.510. The van der Waals surface area contributed by atoms with Gasteiger partial charge in [-0.3, -0.25) is 4.68 Å². The Morgan fingerprint density at radius 3 is 2.61 bits per heavy atom. The number of nitrogens with one attached hydrogen (secondary N) is 1. The van der Waals surface area contributed by atoms with Crippen LogP contribution in [-0.4, -0.2) is 26.4 Å². The van der Waals surface area contributed by atoms with Gasteiger partial charge in [0.1, 0.15) is 17.9 Å². The molecule has 0 saturated carbocycles. The Morgan fingerprint density at radius 1 is 1.17 bits per heavy atom. The van der Waals surface area contributed by atoms with Crippen molar-refractivity contribution in [3.8, 4) is 5.75 Å². The van der Waals surface area contributed by atoms with Gasteiger partial charge in [-0.1, -0.05) is 13.8 Å². The summed E-state index contributed by atoms with van der Waals surface area (Å²) in [5.74, 6) is 2.14. The Kier molecular flexibility index (Phi) is 4.14. The zero-order valence-corrected chi connectivity index (χ0v) is 13.9. The first kappa shape index (κ1) is 15.3. The molecule has 6 nitrogen and oxygen atoms in total. The van der Waals surface area contributed by atoms with E-state index < -0.39 is 0 Å². The van der Waals surface area contributed by atoms with E-state index in [1.54, 1.807) is 11.0 Å². The molecule has 0 aliphatic heterocycles. The van der Waals surface area contributed by atoms with Gasteiger partial charge >= 0.3 is 0 Å². The molecule has 1 aromatic carbocycles. The maximum Gasteiger partial charge on any atom is 0.163 e. The summed E-state index contributed by atoms with van der Waals surface area (Å²) in [6, 6.07) is 7.88. The largest absolute Gasteiger partial charge is 0.493 e. The summed E-state index contributed by atoms with van der Waals surface area (Å²) in [6.07, 6.45) is 1.55. The highest BCUT2D eigenvalue weighted by atomic mass is 16.5. The monoisotopic (exact) mass is 311 g/mol. The lowest BCUT2D eigenvalue weighted by Gasteiger charge is -2.10. The maximum atomic E-state index is 5.70. The van der Waals surface area contributed by atoms with Gasteiger partial charge in [-0.15, -0.1) is 0 Å². The summed E-state index contributed by atoms with van der Waals surface area (Å²) < 4.78 is 7.46. The lowest BCUT2D eigenvalue weighted by atomic mass is 10.2. The van der Waals surface area contributed by atoms with Gasteiger partial charge in [-0.2, -0.15) is 5.10 Å². The molecule has 2 aromatic heterocycles. The first-order chi connectivity index (χ1) is 11.0. The predicted molar refractivity (Wildman–Crippen MR) is 91.1 cm³/mol. The SMILES string of the molecule is Cc1nn(C)c2ncnc(Nc3ccc(OCC(C)C)cc3)c12. The molecule has 0 aliphatic rings. The van der Waals surface area contributed by atoms with E-state index in [-0.39, 0.29) is 0 Å². The fraction of sp³-hybridized carbons (Fsp3) is 0.353. The van der Waals surface area contributed by atoms with E-state index >= 15 is 0 Å². The van der Waals surface area contributed by atoms with Crippen molar-refractivity contribution in [3.05, 3.63) is 36.3 Å². The van der Waals surface area contributed by atoms with Crippen LogP contribution in [-0.2, 0) is 7.05 Å². The highest BCUT2D eigenvalue weighted by molar-refractivity contribution is 5.90. The first-order valence-electron chi connectivity index (χ1n) is 7.69. The molecule has 6 heteroatoms. The molecule has 0 amide bonds. The molecule has 3 rings (SSSR count). The van der Waals surface area contributed by atoms with Crippen LogP contribution in [0.25, 0.3) is 11.0 Å². The standard InChI is InChI=1S/C17H21N5O/c1-11(2)9-23-14-7-5-13(6-8-14)20-16-15-12(3)21-22(4)17(15)19-10-18-16/h5-8,10-11H,9H2,1-4H3,(H,18,19,20). The van der Waals surface area contributed by atoms with E-state index in [2.05, 4.69) is 34.2 Å². The van der Waals surface area contributed by atoms with Crippen LogP contribution in [0.2, 0.25) is 0 Å². The number of rotatable bonds is 5. The van der Waals surface area contributed by atoms with Crippen molar-refractivity contribution in [1.82, 2.24) is 19.7 Å². The molecular formula is C17H21N5O. The Balaban J connectivity index is 1.82. The fourth-order valence-corrected chi connectivity index (χ4v) is 2.41. The van der Waals surface area contributed by atoms with Crippen LogP contribution in [0.5, 0.6) is 5.75 Å². The molecule has 0 saturated heterocycles. The van der Waals surface area contributed by atoms with Crippen LogP contribution in [0.1, 0.15) is 19.5 Å². The Labute approximate surface area is 135 Å². The van der Waals surface area contributed by atoms with E-state index in [4.69, 9.17) is 4.74 Å². The Hall–Kier alpha value is -2.63. The Bertz CT molecular complexity index is 808. The molecule has 0 radical (unpaired) electrons. The van der Waals surface area contributed by atoms with Gasteiger partial charge in [-0.05, 0) is 37.1 Å². The molecule has 120 valence electrons. The quantitative estimate of drug-likeness (QED) is 0.782. The molecule has 0 unspecified atom stereocenters. The van der Waals surface area contributed by atoms with Crippen molar-refractivity contribution in [2.45, 2.75) is 20.8 Å². The van der Waals surface area contributed by atoms with Crippen LogP contribution in [0.4, 0.5) is 11.5 Å². The normalized spacial score (nSPS) is 11.2. The van der Waals surface area contributed by atoms with Crippen LogP contribution in [0.3, 0.4) is 0 Å². The lowest BCUT2D eigenvalue weighted by Crippen LogP contribution is -2.04. The molecule has 2 heterocycles. The van der Waals surface area contributed by atoms with Crippen LogP contribution in [0, 0.1) is 12.8 Å². The highest BCUT2D eigenvalue weighted by Gasteiger charge is 2.12. The number of aromatic nitrogens is 4. The molecule has 1 N–H and O–H groups in total. The summed E-state index contributed by atoms with van der Waals surface area (Å²) in [5, 5.41) is 8.67. The molecule has 0 atom stereocenters. The van der Waals surface area contributed by atoms with Gasteiger partial charge in [0, 0.05) is 12.7 Å². The van der Waals surface area contributed by atoms with Gasteiger partial charge in [-0.25, -0.2) is 9.97 Å². The van der Waals surface area contributed by atoms with Crippen molar-refractivity contribution in [3.63, 3.8) is 0 Å². The molecule has 0 spiro atoms. The number of aryl methyl sites for hydroxylation is 2. The first-order valence-corrected chi connectivity index (χ1v) is 7.69. The van der Waals surface area contributed by atoms with Crippen LogP contribution >= 0.6 is 0 Å². The zero-order valence-electron chi connectivity index (χ0n) is 13.9. The van der Waals surface area contributed by atoms with Gasteiger partial charge < -0.3 is 10.1 Å². The second kappa shape index (κ2) is 6.24. The molecule has 0 bridgehead atoms. The number of ether oxygens (including phenoxy) is 1. The van der Waals surface area contributed by atoms with E-state index in [1.807, 2.05) is 38.2 Å². The third-order valence-corrected chi connectivity index (χ3v) is 3.50. The fourth-order valence-electron chi connectivity index (χ4n) is 2.41. The van der Waals surface area contributed by atoms with Crippen molar-refractivity contribution >= 4 is 22.5 Å². The third kappa shape index (κ3) is 3.26. The van der Waals surface area contributed by atoms with E-state index in [9.17, 15) is 0 Å². The van der Waals surface area contributed by atoms with Crippen molar-refractivity contribution in [1.29, 1.82) is 0 Å². The van der Waals surface area contributed by atoms with Crippen molar-refractivity contribution in [2.75, 3.05) is 11.9 Å². The summed E-state index contributed by atoms with van der Waals surface area (Å²) in [6.45, 7) is 6.94. The second-order valence-corrected chi connectivity index (χ2v) is 5.98. The summed E-state index contributed by atoms with van der Waals surface area (Å²) in [7, 11) is 1.88. The summed E-state index contributed by atoms with van der Waals surface area (Å²) >= 11 is 0. The molecule has 0 fully saturated rings.